The average Bonchev–Trinajstić information content (AvgIpc) is 2.58. The molecule has 0 bridgehead atoms. The van der Waals surface area contributed by atoms with Gasteiger partial charge in [-0.2, -0.15) is 0 Å². The van der Waals surface area contributed by atoms with Crippen molar-refractivity contribution in [1.29, 1.82) is 0 Å². The molecule has 25 heavy (non-hydrogen) atoms. The standard InChI is InChI=1S/C20H22ClFN2O/c1-24-13-15-6-7-17(21)10-16(15)11-19(24)12-23-20(25)8-5-14-3-2-4-18(22)9-14/h2-4,6-7,9-10,19H,5,8,11-13H2,1H3,(H,23,25). The summed E-state index contributed by atoms with van der Waals surface area (Å²) in [4.78, 5) is 14.4. The molecule has 1 atom stereocenters. The number of carbonyl (C=O) groups excluding carboxylic acids is 1. The van der Waals surface area contributed by atoms with E-state index in [2.05, 4.69) is 23.3 Å². The van der Waals surface area contributed by atoms with Gasteiger partial charge in [0.25, 0.3) is 0 Å². The fraction of sp³-hybridized carbons (Fsp3) is 0.350. The van der Waals surface area contributed by atoms with Crippen LogP contribution in [0, 0.1) is 5.82 Å². The summed E-state index contributed by atoms with van der Waals surface area (Å²) in [5, 5.41) is 3.76. The first-order valence-corrected chi connectivity index (χ1v) is 8.88. The summed E-state index contributed by atoms with van der Waals surface area (Å²) in [5.74, 6) is -0.270. The van der Waals surface area contributed by atoms with Crippen molar-refractivity contribution in [2.45, 2.75) is 31.8 Å². The third-order valence-electron chi connectivity index (χ3n) is 4.73. The van der Waals surface area contributed by atoms with Gasteiger partial charge in [-0.05, 0) is 60.8 Å². The van der Waals surface area contributed by atoms with Crippen molar-refractivity contribution in [1.82, 2.24) is 10.2 Å². The number of benzene rings is 2. The molecular formula is C20H22ClFN2O. The molecule has 1 heterocycles. The second-order valence-electron chi connectivity index (χ2n) is 6.62. The highest BCUT2D eigenvalue weighted by molar-refractivity contribution is 6.30. The van der Waals surface area contributed by atoms with Crippen molar-refractivity contribution < 1.29 is 9.18 Å². The zero-order valence-electron chi connectivity index (χ0n) is 14.3. The van der Waals surface area contributed by atoms with Crippen molar-refractivity contribution in [2.24, 2.45) is 0 Å². The van der Waals surface area contributed by atoms with Crippen LogP contribution < -0.4 is 5.32 Å². The van der Waals surface area contributed by atoms with E-state index < -0.39 is 0 Å². The molecule has 1 aliphatic rings. The number of amides is 1. The molecule has 132 valence electrons. The van der Waals surface area contributed by atoms with E-state index in [1.807, 2.05) is 18.2 Å². The summed E-state index contributed by atoms with van der Waals surface area (Å²) in [7, 11) is 2.07. The number of nitrogens with zero attached hydrogens (tertiary/aromatic N) is 1. The number of hydrogen-bond acceptors (Lipinski definition) is 2. The first-order chi connectivity index (χ1) is 12.0. The van der Waals surface area contributed by atoms with E-state index in [1.165, 1.54) is 23.3 Å². The van der Waals surface area contributed by atoms with E-state index >= 15 is 0 Å². The van der Waals surface area contributed by atoms with Crippen molar-refractivity contribution in [3.8, 4) is 0 Å². The molecule has 1 N–H and O–H groups in total. The SMILES string of the molecule is CN1Cc2ccc(Cl)cc2CC1CNC(=O)CCc1cccc(F)c1. The lowest BCUT2D eigenvalue weighted by molar-refractivity contribution is -0.121. The zero-order chi connectivity index (χ0) is 17.8. The second-order valence-corrected chi connectivity index (χ2v) is 7.06. The number of fused-ring (bicyclic) bond motifs is 1. The van der Waals surface area contributed by atoms with Crippen LogP contribution in [0.2, 0.25) is 5.02 Å². The molecule has 1 amide bonds. The minimum atomic E-state index is -0.265. The van der Waals surface area contributed by atoms with Gasteiger partial charge in [-0.25, -0.2) is 4.39 Å². The number of nitrogens with one attached hydrogen (secondary N) is 1. The minimum Gasteiger partial charge on any atom is -0.355 e. The van der Waals surface area contributed by atoms with Gasteiger partial charge in [0, 0.05) is 30.6 Å². The van der Waals surface area contributed by atoms with E-state index in [9.17, 15) is 9.18 Å². The Hall–Kier alpha value is -1.91. The number of rotatable bonds is 5. The Labute approximate surface area is 152 Å². The molecule has 5 heteroatoms. The van der Waals surface area contributed by atoms with E-state index in [4.69, 9.17) is 11.6 Å². The van der Waals surface area contributed by atoms with Gasteiger partial charge in [-0.3, -0.25) is 9.69 Å². The molecule has 2 aromatic carbocycles. The van der Waals surface area contributed by atoms with E-state index in [0.29, 0.717) is 19.4 Å². The fourth-order valence-corrected chi connectivity index (χ4v) is 3.44. The molecule has 0 aliphatic carbocycles. The summed E-state index contributed by atoms with van der Waals surface area (Å²) < 4.78 is 13.2. The van der Waals surface area contributed by atoms with Gasteiger partial charge < -0.3 is 5.32 Å². The maximum absolute atomic E-state index is 13.2. The van der Waals surface area contributed by atoms with Gasteiger partial charge in [-0.1, -0.05) is 29.8 Å². The summed E-state index contributed by atoms with van der Waals surface area (Å²) in [6.07, 6.45) is 1.78. The average molecular weight is 361 g/mol. The van der Waals surface area contributed by atoms with Crippen LogP contribution in [0.25, 0.3) is 0 Å². The normalized spacial score (nSPS) is 17.2. The lowest BCUT2D eigenvalue weighted by Gasteiger charge is -2.34. The molecule has 0 spiro atoms. The van der Waals surface area contributed by atoms with E-state index in [-0.39, 0.29) is 17.8 Å². The molecular weight excluding hydrogens is 339 g/mol. The molecule has 1 aliphatic heterocycles. The van der Waals surface area contributed by atoms with Crippen LogP contribution in [0.5, 0.6) is 0 Å². The van der Waals surface area contributed by atoms with Crippen LogP contribution >= 0.6 is 11.6 Å². The Bertz CT molecular complexity index is 765. The Morgan fingerprint density at radius 1 is 1.28 bits per heavy atom. The van der Waals surface area contributed by atoms with Gasteiger partial charge in [0.2, 0.25) is 5.91 Å². The first kappa shape index (κ1) is 17.9. The van der Waals surface area contributed by atoms with Crippen molar-refractivity contribution in [3.05, 3.63) is 70.0 Å². The van der Waals surface area contributed by atoms with Crippen molar-refractivity contribution in [2.75, 3.05) is 13.6 Å². The lowest BCUT2D eigenvalue weighted by atomic mass is 9.94. The first-order valence-electron chi connectivity index (χ1n) is 8.50. The molecule has 0 radical (unpaired) electrons. The summed E-state index contributed by atoms with van der Waals surface area (Å²) in [6.45, 7) is 1.46. The predicted molar refractivity (Wildman–Crippen MR) is 98.1 cm³/mol. The number of hydrogen-bond donors (Lipinski definition) is 1. The van der Waals surface area contributed by atoms with Crippen LogP contribution in [0.1, 0.15) is 23.1 Å². The lowest BCUT2D eigenvalue weighted by Crippen LogP contribution is -2.45. The second kappa shape index (κ2) is 7.98. The Kier molecular flexibility index (Phi) is 5.71. The zero-order valence-corrected chi connectivity index (χ0v) is 15.0. The van der Waals surface area contributed by atoms with Crippen LogP contribution in [-0.4, -0.2) is 30.4 Å². The number of aryl methyl sites for hydroxylation is 1. The van der Waals surface area contributed by atoms with Crippen LogP contribution in [0.15, 0.2) is 42.5 Å². The van der Waals surface area contributed by atoms with Gasteiger partial charge in [-0.15, -0.1) is 0 Å². The van der Waals surface area contributed by atoms with Crippen LogP contribution in [0.4, 0.5) is 4.39 Å². The van der Waals surface area contributed by atoms with Crippen LogP contribution in [-0.2, 0) is 24.2 Å². The van der Waals surface area contributed by atoms with Crippen molar-refractivity contribution >= 4 is 17.5 Å². The van der Waals surface area contributed by atoms with Gasteiger partial charge >= 0.3 is 0 Å². The largest absolute Gasteiger partial charge is 0.355 e. The topological polar surface area (TPSA) is 32.3 Å². The predicted octanol–water partition coefficient (Wildman–Crippen LogP) is 3.58. The van der Waals surface area contributed by atoms with Crippen molar-refractivity contribution in [3.63, 3.8) is 0 Å². The highest BCUT2D eigenvalue weighted by Crippen LogP contribution is 2.24. The minimum absolute atomic E-state index is 0.00504. The number of halogens is 2. The molecule has 3 nitrogen and oxygen atoms in total. The Morgan fingerprint density at radius 2 is 2.12 bits per heavy atom. The highest BCUT2D eigenvalue weighted by Gasteiger charge is 2.23. The van der Waals surface area contributed by atoms with Gasteiger partial charge in [0.1, 0.15) is 5.82 Å². The summed E-state index contributed by atoms with van der Waals surface area (Å²) >= 11 is 6.09. The molecule has 1 unspecified atom stereocenters. The molecule has 0 aromatic heterocycles. The monoisotopic (exact) mass is 360 g/mol. The van der Waals surface area contributed by atoms with Gasteiger partial charge in [0.05, 0.1) is 0 Å². The van der Waals surface area contributed by atoms with E-state index in [1.54, 1.807) is 6.07 Å². The highest BCUT2D eigenvalue weighted by atomic mass is 35.5. The molecule has 2 aromatic rings. The maximum atomic E-state index is 13.2. The molecule has 3 rings (SSSR count). The number of carbonyl (C=O) groups is 1. The summed E-state index contributed by atoms with van der Waals surface area (Å²) in [6, 6.07) is 12.7. The molecule has 0 saturated heterocycles. The fourth-order valence-electron chi connectivity index (χ4n) is 3.24. The Morgan fingerprint density at radius 3 is 2.92 bits per heavy atom. The smallest absolute Gasteiger partial charge is 0.220 e. The Balaban J connectivity index is 1.50. The summed E-state index contributed by atoms with van der Waals surface area (Å²) in [5.41, 5.74) is 3.39. The third-order valence-corrected chi connectivity index (χ3v) is 4.97. The maximum Gasteiger partial charge on any atom is 0.220 e. The number of likely N-dealkylation sites (N-methyl/N-ethyl adjacent to an activating group) is 1. The van der Waals surface area contributed by atoms with Crippen LogP contribution in [0.3, 0.4) is 0 Å². The molecule has 0 fully saturated rings. The van der Waals surface area contributed by atoms with Gasteiger partial charge in [0.15, 0.2) is 0 Å². The van der Waals surface area contributed by atoms with E-state index in [0.717, 1.165) is 23.6 Å². The quantitative estimate of drug-likeness (QED) is 0.883. The third kappa shape index (κ3) is 4.80. The molecule has 0 saturated carbocycles.